The SMILES string of the molecule is CC(C)(C)c1ccc(N2B3c4cc(C(C)(C)C)ccc4N(c4ccc(C(C)(C)C)cc4-c4ccccc4)c4c3c(cc3c4oc4ccccc43)-c3cc4c(cc32)oc2ccc(N(c3ccc(C(C)(C)C)cc3)c3ccc(C(C)(C)C)cc3)cc24)cc1. The average molecular weight is 1120 g/mol. The van der Waals surface area contributed by atoms with Gasteiger partial charge in [-0.1, -0.05) is 207 Å². The Bertz CT molecular complexity index is 4590. The lowest BCUT2D eigenvalue weighted by Gasteiger charge is -2.46. The molecule has 428 valence electrons. The molecule has 2 aliphatic heterocycles. The van der Waals surface area contributed by atoms with Crippen molar-refractivity contribution in [2.45, 2.75) is 131 Å². The van der Waals surface area contributed by atoms with E-state index >= 15 is 0 Å². The van der Waals surface area contributed by atoms with Gasteiger partial charge in [0.2, 0.25) is 0 Å². The van der Waals surface area contributed by atoms with Gasteiger partial charge in [0.15, 0.2) is 5.58 Å². The quantitative estimate of drug-likeness (QED) is 0.155. The Kier molecular flexibility index (Phi) is 12.4. The fraction of sp³-hybridized carbons (Fsp3) is 0.250. The van der Waals surface area contributed by atoms with Gasteiger partial charge < -0.3 is 23.4 Å². The first-order valence-electron chi connectivity index (χ1n) is 30.8. The van der Waals surface area contributed by atoms with Crippen LogP contribution in [0, 0.1) is 0 Å². The normalized spacial score (nSPS) is 13.7. The topological polar surface area (TPSA) is 36.0 Å². The molecular weight excluding hydrogens is 1050 g/mol. The Balaban J connectivity index is 1.09. The molecule has 4 heterocycles. The molecule has 5 nitrogen and oxygen atoms in total. The number of nitrogens with zero attached hydrogens (tertiary/aromatic N) is 3. The summed E-state index contributed by atoms with van der Waals surface area (Å²) < 4.78 is 14.5. The maximum atomic E-state index is 7.36. The highest BCUT2D eigenvalue weighted by molar-refractivity contribution is 6.94. The molecule has 14 rings (SSSR count). The molecular formula is C80H78BN3O2. The standard InChI is InChI=1S/C80H78BN3O2/c1-76(2,3)50-25-33-55(34-26-50)82(56-35-27-51(28-36-56)77(4,5)6)58-39-42-71-62(45-58)63-46-61-64-47-65-59-23-19-20-24-70(59)86-75(65)74-73(64)81(84(69(61)48-72(63)85-71)57-37-29-52(30-38-57)78(7,8)9)66-44-54(80(13,14)15)32-41-68(66)83(74)67-40-31-53(79(10,11)12)43-60(67)49-21-17-16-18-22-49/h16-48H,1-15H3. The summed E-state index contributed by atoms with van der Waals surface area (Å²) in [7, 11) is 0. The molecule has 0 aliphatic carbocycles. The first kappa shape index (κ1) is 55.2. The van der Waals surface area contributed by atoms with Crippen LogP contribution in [0.2, 0.25) is 0 Å². The number of anilines is 8. The van der Waals surface area contributed by atoms with Gasteiger partial charge in [0.25, 0.3) is 0 Å². The summed E-state index contributed by atoms with van der Waals surface area (Å²) in [6.45, 7) is 34.2. The van der Waals surface area contributed by atoms with Crippen LogP contribution in [0.5, 0.6) is 0 Å². The molecule has 0 atom stereocenters. The number of benzene rings is 10. The highest BCUT2D eigenvalue weighted by atomic mass is 16.3. The zero-order valence-electron chi connectivity index (χ0n) is 52.8. The van der Waals surface area contributed by atoms with E-state index in [0.29, 0.717) is 0 Å². The van der Waals surface area contributed by atoms with Crippen LogP contribution in [0.15, 0.2) is 209 Å². The van der Waals surface area contributed by atoms with Crippen molar-refractivity contribution in [1.82, 2.24) is 0 Å². The van der Waals surface area contributed by atoms with Gasteiger partial charge in [-0.05, 0) is 168 Å². The first-order valence-corrected chi connectivity index (χ1v) is 30.8. The van der Waals surface area contributed by atoms with E-state index in [2.05, 4.69) is 319 Å². The predicted octanol–water partition coefficient (Wildman–Crippen LogP) is 21.8. The zero-order chi connectivity index (χ0) is 60.1. The average Bonchev–Trinajstić information content (AvgIpc) is 1.09. The fourth-order valence-electron chi connectivity index (χ4n) is 13.4. The summed E-state index contributed by atoms with van der Waals surface area (Å²) in [6, 6.07) is 75.5. The Morgan fingerprint density at radius 1 is 0.349 bits per heavy atom. The van der Waals surface area contributed by atoms with Crippen LogP contribution >= 0.6 is 0 Å². The second-order valence-corrected chi connectivity index (χ2v) is 29.5. The largest absolute Gasteiger partial charge is 0.456 e. The van der Waals surface area contributed by atoms with Crippen molar-refractivity contribution in [3.8, 4) is 22.3 Å². The maximum Gasteiger partial charge on any atom is 0.333 e. The highest BCUT2D eigenvalue weighted by Gasteiger charge is 2.48. The number of hydrogen-bond acceptors (Lipinski definition) is 5. The van der Waals surface area contributed by atoms with Gasteiger partial charge in [0.1, 0.15) is 16.7 Å². The lowest BCUT2D eigenvalue weighted by molar-refractivity contribution is 0.590. The highest BCUT2D eigenvalue weighted by Crippen LogP contribution is 2.54. The second kappa shape index (κ2) is 19.4. The molecule has 10 aromatic carbocycles. The summed E-state index contributed by atoms with van der Waals surface area (Å²) >= 11 is 0. The zero-order valence-corrected chi connectivity index (χ0v) is 52.8. The molecule has 2 aliphatic rings. The molecule has 12 aromatic rings. The molecule has 0 saturated heterocycles. The van der Waals surface area contributed by atoms with Gasteiger partial charge >= 0.3 is 6.85 Å². The Morgan fingerprint density at radius 2 is 0.849 bits per heavy atom. The smallest absolute Gasteiger partial charge is 0.333 e. The third kappa shape index (κ3) is 9.13. The number of hydrogen-bond donors (Lipinski definition) is 0. The first-order chi connectivity index (χ1) is 40.8. The summed E-state index contributed by atoms with van der Waals surface area (Å²) in [5.74, 6) is 0. The van der Waals surface area contributed by atoms with Gasteiger partial charge in [-0.3, -0.25) is 0 Å². The lowest BCUT2D eigenvalue weighted by atomic mass is 9.43. The van der Waals surface area contributed by atoms with Crippen LogP contribution in [0.1, 0.15) is 132 Å². The van der Waals surface area contributed by atoms with E-state index in [1.54, 1.807) is 0 Å². The molecule has 0 N–H and O–H groups in total. The summed E-state index contributed by atoms with van der Waals surface area (Å²) in [5, 5.41) is 4.29. The monoisotopic (exact) mass is 1120 g/mol. The van der Waals surface area contributed by atoms with Crippen LogP contribution in [0.3, 0.4) is 0 Å². The summed E-state index contributed by atoms with van der Waals surface area (Å²) in [4.78, 5) is 7.58. The fourth-order valence-corrected chi connectivity index (χ4v) is 13.4. The van der Waals surface area contributed by atoms with Crippen molar-refractivity contribution in [2.24, 2.45) is 0 Å². The number of para-hydroxylation sites is 1. The van der Waals surface area contributed by atoms with Gasteiger partial charge in [-0.25, -0.2) is 0 Å². The summed E-state index contributed by atoms with van der Waals surface area (Å²) in [5.41, 5.74) is 25.4. The number of fused-ring (bicyclic) bond motifs is 11. The van der Waals surface area contributed by atoms with Gasteiger partial charge in [0.05, 0.1) is 11.4 Å². The van der Waals surface area contributed by atoms with E-state index in [0.717, 1.165) is 101 Å². The molecule has 0 bridgehead atoms. The molecule has 0 fully saturated rings. The second-order valence-electron chi connectivity index (χ2n) is 29.5. The van der Waals surface area contributed by atoms with E-state index < -0.39 is 0 Å². The van der Waals surface area contributed by atoms with E-state index in [1.165, 1.54) is 49.9 Å². The van der Waals surface area contributed by atoms with E-state index in [4.69, 9.17) is 8.83 Å². The van der Waals surface area contributed by atoms with Crippen LogP contribution in [0.4, 0.5) is 45.5 Å². The molecule has 6 heteroatoms. The molecule has 0 spiro atoms. The maximum absolute atomic E-state index is 7.36. The minimum atomic E-state index is -0.274. The van der Waals surface area contributed by atoms with Crippen molar-refractivity contribution in [3.63, 3.8) is 0 Å². The number of furan rings is 2. The minimum Gasteiger partial charge on any atom is -0.456 e. The predicted molar refractivity (Wildman–Crippen MR) is 368 cm³/mol. The van der Waals surface area contributed by atoms with Crippen molar-refractivity contribution in [1.29, 1.82) is 0 Å². The van der Waals surface area contributed by atoms with E-state index in [9.17, 15) is 0 Å². The van der Waals surface area contributed by atoms with E-state index in [-0.39, 0.29) is 33.9 Å². The van der Waals surface area contributed by atoms with Crippen LogP contribution in [-0.4, -0.2) is 6.85 Å². The number of rotatable bonds is 6. The Morgan fingerprint density at radius 3 is 1.45 bits per heavy atom. The molecule has 0 radical (unpaired) electrons. The molecule has 0 amide bonds. The lowest BCUT2D eigenvalue weighted by Crippen LogP contribution is -2.61. The Labute approximate surface area is 509 Å². The van der Waals surface area contributed by atoms with Crippen LogP contribution < -0.4 is 25.5 Å². The van der Waals surface area contributed by atoms with Crippen molar-refractivity contribution in [2.75, 3.05) is 14.6 Å². The molecule has 0 saturated carbocycles. The van der Waals surface area contributed by atoms with Crippen LogP contribution in [0.25, 0.3) is 66.1 Å². The van der Waals surface area contributed by atoms with Gasteiger partial charge in [-0.2, -0.15) is 0 Å². The van der Waals surface area contributed by atoms with Crippen molar-refractivity contribution >= 4 is 107 Å². The van der Waals surface area contributed by atoms with Gasteiger partial charge in [-0.15, -0.1) is 0 Å². The molecule has 2 aromatic heterocycles. The summed E-state index contributed by atoms with van der Waals surface area (Å²) in [6.07, 6.45) is 0. The third-order valence-electron chi connectivity index (χ3n) is 18.4. The van der Waals surface area contributed by atoms with Gasteiger partial charge in [0, 0.05) is 72.9 Å². The van der Waals surface area contributed by atoms with E-state index in [1.807, 2.05) is 0 Å². The molecule has 0 unspecified atom stereocenters. The van der Waals surface area contributed by atoms with Crippen LogP contribution in [-0.2, 0) is 27.1 Å². The molecule has 86 heavy (non-hydrogen) atoms. The third-order valence-corrected chi connectivity index (χ3v) is 18.4. The van der Waals surface area contributed by atoms with Crippen molar-refractivity contribution < 1.29 is 8.83 Å². The van der Waals surface area contributed by atoms with Crippen molar-refractivity contribution in [3.05, 3.63) is 228 Å². The Hall–Kier alpha value is -8.74. The minimum absolute atomic E-state index is 0.0191.